The fourth-order valence-corrected chi connectivity index (χ4v) is 6.79. The van der Waals surface area contributed by atoms with E-state index in [2.05, 4.69) is 54.4 Å². The van der Waals surface area contributed by atoms with E-state index in [1.54, 1.807) is 7.11 Å². The van der Waals surface area contributed by atoms with Gasteiger partial charge in [0.15, 0.2) is 4.80 Å². The van der Waals surface area contributed by atoms with Gasteiger partial charge in [0.1, 0.15) is 5.75 Å². The molecule has 1 aliphatic carbocycles. The van der Waals surface area contributed by atoms with Gasteiger partial charge in [-0.1, -0.05) is 72.0 Å². The highest BCUT2D eigenvalue weighted by atomic mass is 32.1. The normalized spacial score (nSPS) is 16.8. The number of fused-ring (bicyclic) bond motifs is 4. The van der Waals surface area contributed by atoms with Crippen LogP contribution >= 0.6 is 11.3 Å². The number of rotatable bonds is 3. The zero-order valence-electron chi connectivity index (χ0n) is 20.6. The Morgan fingerprint density at radius 2 is 1.81 bits per heavy atom. The molecule has 2 aliphatic rings. The molecule has 37 heavy (non-hydrogen) atoms. The molecule has 5 nitrogen and oxygen atoms in total. The molecule has 0 spiro atoms. The van der Waals surface area contributed by atoms with Crippen LogP contribution in [-0.4, -0.2) is 16.7 Å². The maximum atomic E-state index is 14.1. The van der Waals surface area contributed by atoms with Crippen LogP contribution in [0.2, 0.25) is 0 Å². The summed E-state index contributed by atoms with van der Waals surface area (Å²) < 4.78 is 8.34. The standard InChI is InChI=1S/C31H25N3O2S/c1-18-24(21-11-5-7-13-25(21)32-18)17-27-30(35)34-29(22-12-6-8-14-26(22)36-2)23-16-15-19-9-3-4-10-20(19)28(23)33-31(34)37-27/h3-14,17,29,32H,15-16H2,1-2H3/b27-17-/t29-/m1/s1. The van der Waals surface area contributed by atoms with Crippen LogP contribution in [0.3, 0.4) is 0 Å². The van der Waals surface area contributed by atoms with E-state index in [0.29, 0.717) is 4.53 Å². The largest absolute Gasteiger partial charge is 0.496 e. The summed E-state index contributed by atoms with van der Waals surface area (Å²) in [7, 11) is 1.69. The highest BCUT2D eigenvalue weighted by molar-refractivity contribution is 7.07. The number of aryl methyl sites for hydroxylation is 2. The molecule has 2 aromatic heterocycles. The summed E-state index contributed by atoms with van der Waals surface area (Å²) in [6.07, 6.45) is 3.80. The first-order chi connectivity index (χ1) is 18.1. The number of hydrogen-bond acceptors (Lipinski definition) is 4. The van der Waals surface area contributed by atoms with E-state index in [9.17, 15) is 4.79 Å². The van der Waals surface area contributed by atoms with Crippen LogP contribution in [0.15, 0.2) is 88.2 Å². The van der Waals surface area contributed by atoms with Crippen molar-refractivity contribution in [1.82, 2.24) is 9.55 Å². The molecule has 7 rings (SSSR count). The Balaban J connectivity index is 1.53. The van der Waals surface area contributed by atoms with Crippen LogP contribution in [0, 0.1) is 6.92 Å². The van der Waals surface area contributed by atoms with Crippen molar-refractivity contribution in [1.29, 1.82) is 0 Å². The maximum Gasteiger partial charge on any atom is 0.271 e. The van der Waals surface area contributed by atoms with Crippen LogP contribution in [0.25, 0.3) is 22.7 Å². The maximum absolute atomic E-state index is 14.1. The van der Waals surface area contributed by atoms with Gasteiger partial charge < -0.3 is 9.72 Å². The first-order valence-corrected chi connectivity index (χ1v) is 13.3. The number of H-pyrrole nitrogens is 1. The lowest BCUT2D eigenvalue weighted by Gasteiger charge is -2.31. The quantitative estimate of drug-likeness (QED) is 0.372. The van der Waals surface area contributed by atoms with Gasteiger partial charge in [0.2, 0.25) is 0 Å². The summed E-state index contributed by atoms with van der Waals surface area (Å²) in [5, 5.41) is 1.11. The highest BCUT2D eigenvalue weighted by Gasteiger charge is 2.34. The molecule has 0 amide bonds. The fraction of sp³-hybridized carbons (Fsp3) is 0.161. The molecule has 0 saturated carbocycles. The zero-order valence-corrected chi connectivity index (χ0v) is 21.4. The van der Waals surface area contributed by atoms with Crippen molar-refractivity contribution < 1.29 is 4.74 Å². The van der Waals surface area contributed by atoms with Crippen LogP contribution < -0.4 is 19.6 Å². The summed E-state index contributed by atoms with van der Waals surface area (Å²) in [6, 6.07) is 24.5. The molecule has 1 atom stereocenters. The number of hydrogen-bond donors (Lipinski definition) is 1. The van der Waals surface area contributed by atoms with Crippen molar-refractivity contribution in [3.8, 4) is 5.75 Å². The van der Waals surface area contributed by atoms with E-state index in [4.69, 9.17) is 9.73 Å². The van der Waals surface area contributed by atoms with Crippen molar-refractivity contribution in [2.75, 3.05) is 7.11 Å². The smallest absolute Gasteiger partial charge is 0.271 e. The van der Waals surface area contributed by atoms with Gasteiger partial charge in [0, 0.05) is 33.3 Å². The van der Waals surface area contributed by atoms with Gasteiger partial charge >= 0.3 is 0 Å². The second-order valence-electron chi connectivity index (χ2n) is 9.56. The lowest BCUT2D eigenvalue weighted by atomic mass is 9.83. The molecular formula is C31H25N3O2S. The van der Waals surface area contributed by atoms with Gasteiger partial charge in [-0.3, -0.25) is 9.36 Å². The Kier molecular flexibility index (Phi) is 5.04. The van der Waals surface area contributed by atoms with Crippen molar-refractivity contribution in [3.63, 3.8) is 0 Å². The minimum absolute atomic E-state index is 0.0188. The van der Waals surface area contributed by atoms with Crippen molar-refractivity contribution in [2.45, 2.75) is 25.8 Å². The molecule has 1 aliphatic heterocycles. The number of benzene rings is 3. The van der Waals surface area contributed by atoms with Crippen LogP contribution in [0.1, 0.15) is 40.4 Å². The van der Waals surface area contributed by atoms with Crippen molar-refractivity contribution >= 4 is 34.0 Å². The molecule has 0 radical (unpaired) electrons. The molecule has 182 valence electrons. The van der Waals surface area contributed by atoms with E-state index in [-0.39, 0.29) is 11.6 Å². The van der Waals surface area contributed by atoms with Gasteiger partial charge in [-0.2, -0.15) is 0 Å². The predicted octanol–water partition coefficient (Wildman–Crippen LogP) is 5.12. The van der Waals surface area contributed by atoms with Crippen LogP contribution in [0.4, 0.5) is 0 Å². The van der Waals surface area contributed by atoms with Crippen molar-refractivity contribution in [2.24, 2.45) is 4.99 Å². The molecular weight excluding hydrogens is 478 g/mol. The van der Waals surface area contributed by atoms with E-state index in [1.807, 2.05) is 41.0 Å². The molecule has 5 aromatic rings. The number of allylic oxidation sites excluding steroid dienone is 1. The second kappa shape index (κ2) is 8.46. The first kappa shape index (κ1) is 22.1. The number of aromatic nitrogens is 2. The summed E-state index contributed by atoms with van der Waals surface area (Å²) in [6.45, 7) is 2.05. The minimum Gasteiger partial charge on any atom is -0.496 e. The van der Waals surface area contributed by atoms with E-state index in [1.165, 1.54) is 22.5 Å². The Hall–Kier alpha value is -4.16. The SMILES string of the molecule is COc1ccccc1[C@@H]1C2=C(N=c3s/c(=C\c4c(C)[nH]c5ccccc45)c(=O)n31)c1ccccc1CC2. The summed E-state index contributed by atoms with van der Waals surface area (Å²) >= 11 is 1.46. The fourth-order valence-electron chi connectivity index (χ4n) is 5.81. The van der Waals surface area contributed by atoms with Gasteiger partial charge in [-0.15, -0.1) is 0 Å². The molecule has 3 aromatic carbocycles. The third-order valence-corrected chi connectivity index (χ3v) is 8.51. The second-order valence-corrected chi connectivity index (χ2v) is 10.6. The lowest BCUT2D eigenvalue weighted by molar-refractivity contribution is 0.402. The summed E-state index contributed by atoms with van der Waals surface area (Å²) in [5.41, 5.74) is 8.76. The molecule has 0 saturated heterocycles. The number of para-hydroxylation sites is 2. The van der Waals surface area contributed by atoms with Crippen LogP contribution in [0.5, 0.6) is 5.75 Å². The summed E-state index contributed by atoms with van der Waals surface area (Å²) in [4.78, 5) is 23.4. The van der Waals surface area contributed by atoms with Crippen molar-refractivity contribution in [3.05, 3.63) is 126 Å². The topological polar surface area (TPSA) is 59.4 Å². The van der Waals surface area contributed by atoms with E-state index < -0.39 is 0 Å². The summed E-state index contributed by atoms with van der Waals surface area (Å²) in [5.74, 6) is 0.780. The minimum atomic E-state index is -0.262. The van der Waals surface area contributed by atoms with Gasteiger partial charge in [0.05, 0.1) is 23.4 Å². The number of nitrogens with zero attached hydrogens (tertiary/aromatic N) is 2. The number of nitrogens with one attached hydrogen (secondary N) is 1. The number of ether oxygens (including phenoxy) is 1. The van der Waals surface area contributed by atoms with Gasteiger partial charge in [-0.25, -0.2) is 4.99 Å². The molecule has 3 heterocycles. The molecule has 0 unspecified atom stereocenters. The highest BCUT2D eigenvalue weighted by Crippen LogP contribution is 2.43. The monoisotopic (exact) mass is 503 g/mol. The van der Waals surface area contributed by atoms with Gasteiger partial charge in [-0.05, 0) is 49.1 Å². The molecule has 6 heteroatoms. The Labute approximate surface area is 217 Å². The number of thiazole rings is 1. The average Bonchev–Trinajstić information content (AvgIpc) is 3.42. The first-order valence-electron chi connectivity index (χ1n) is 12.5. The number of aromatic amines is 1. The Morgan fingerprint density at radius 3 is 2.70 bits per heavy atom. The molecule has 0 fully saturated rings. The zero-order chi connectivity index (χ0) is 25.1. The Bertz CT molecular complexity index is 1920. The van der Waals surface area contributed by atoms with E-state index in [0.717, 1.165) is 62.4 Å². The predicted molar refractivity (Wildman–Crippen MR) is 149 cm³/mol. The molecule has 1 N–H and O–H groups in total. The third-order valence-electron chi connectivity index (χ3n) is 7.53. The number of methoxy groups -OCH3 is 1. The van der Waals surface area contributed by atoms with Crippen LogP contribution in [-0.2, 0) is 6.42 Å². The third kappa shape index (κ3) is 3.36. The van der Waals surface area contributed by atoms with Gasteiger partial charge in [0.25, 0.3) is 5.56 Å². The van der Waals surface area contributed by atoms with E-state index >= 15 is 0 Å². The average molecular weight is 504 g/mol. The Morgan fingerprint density at radius 1 is 1.03 bits per heavy atom. The molecule has 0 bridgehead atoms. The lowest BCUT2D eigenvalue weighted by Crippen LogP contribution is -2.39.